The quantitative estimate of drug-likeness (QED) is 0.144. The summed E-state index contributed by atoms with van der Waals surface area (Å²) in [7, 11) is -6.70. The molecule has 0 bridgehead atoms. The number of hydrogen-bond acceptors (Lipinski definition) is 3. The fourth-order valence-corrected chi connectivity index (χ4v) is 8.36. The molecule has 0 amide bonds. The van der Waals surface area contributed by atoms with E-state index in [0.717, 1.165) is 11.8 Å². The van der Waals surface area contributed by atoms with Gasteiger partial charge in [-0.25, -0.2) is 12.8 Å². The molecular weight excluding hydrogens is 622 g/mol. The largest absolute Gasteiger partial charge is 0.743 e. The fraction of sp³-hybridized carbons (Fsp3) is 0.455. The molecule has 0 aliphatic heterocycles. The van der Waals surface area contributed by atoms with Crippen LogP contribution in [0.2, 0.25) is 0 Å². The van der Waals surface area contributed by atoms with E-state index in [-0.39, 0.29) is 10.9 Å². The van der Waals surface area contributed by atoms with Gasteiger partial charge in [-0.1, -0.05) is 81.0 Å². The highest BCUT2D eigenvalue weighted by Crippen LogP contribution is 2.39. The smallest absolute Gasteiger partial charge is 0.426 e. The molecule has 3 aromatic carbocycles. The molecule has 2 aliphatic rings. The predicted octanol–water partition coefficient (Wildman–Crippen LogP) is 9.90. The Labute approximate surface area is 258 Å². The lowest BCUT2D eigenvalue weighted by atomic mass is 9.84. The molecule has 0 heterocycles. The second-order valence-corrected chi connectivity index (χ2v) is 14.8. The van der Waals surface area contributed by atoms with Gasteiger partial charge in [0, 0.05) is 0 Å². The fourth-order valence-electron chi connectivity index (χ4n) is 5.91. The molecule has 3 nitrogen and oxygen atoms in total. The lowest BCUT2D eigenvalue weighted by Crippen LogP contribution is -2.46. The third-order valence-corrected chi connectivity index (χ3v) is 11.4. The number of benzene rings is 3. The van der Waals surface area contributed by atoms with Crippen LogP contribution in [-0.2, 0) is 21.0 Å². The summed E-state index contributed by atoms with van der Waals surface area (Å²) in [6.45, 7) is 0. The van der Waals surface area contributed by atoms with E-state index in [1.54, 1.807) is 11.1 Å². The van der Waals surface area contributed by atoms with Gasteiger partial charge in [0.05, 0.1) is 10.9 Å². The van der Waals surface area contributed by atoms with Crippen LogP contribution in [0.3, 0.4) is 0 Å². The Morgan fingerprint density at radius 2 is 0.977 bits per heavy atom. The van der Waals surface area contributed by atoms with Crippen LogP contribution < -0.4 is 0 Å². The minimum Gasteiger partial charge on any atom is -0.743 e. The highest BCUT2D eigenvalue weighted by atomic mass is 32.2. The zero-order chi connectivity index (χ0) is 32.0. The van der Waals surface area contributed by atoms with Crippen molar-refractivity contribution in [3.05, 3.63) is 90.0 Å². The highest BCUT2D eigenvalue weighted by molar-refractivity contribution is 7.97. The maximum absolute atomic E-state index is 11.8. The second kappa shape index (κ2) is 14.7. The molecule has 0 N–H and O–H groups in total. The minimum absolute atomic E-state index is 0.0410. The second-order valence-electron chi connectivity index (χ2n) is 11.3. The van der Waals surface area contributed by atoms with Crippen LogP contribution >= 0.6 is 0 Å². The van der Waals surface area contributed by atoms with E-state index in [4.69, 9.17) is 0 Å². The summed E-state index contributed by atoms with van der Waals surface area (Å²) in [5, 5.41) is -5.99. The lowest BCUT2D eigenvalue weighted by Gasteiger charge is -2.24. The maximum atomic E-state index is 11.8. The first kappa shape index (κ1) is 34.4. The third-order valence-electron chi connectivity index (χ3n) is 8.28. The summed E-state index contributed by atoms with van der Waals surface area (Å²) in [5.74, 6) is 1.55. The van der Waals surface area contributed by atoms with Crippen molar-refractivity contribution in [2.75, 3.05) is 0 Å². The molecule has 44 heavy (non-hydrogen) atoms. The molecular formula is C33H36F6O3S2. The summed E-state index contributed by atoms with van der Waals surface area (Å²) >= 11 is 0. The van der Waals surface area contributed by atoms with E-state index in [0.29, 0.717) is 0 Å². The van der Waals surface area contributed by atoms with Gasteiger partial charge in [0.1, 0.15) is 0 Å². The molecule has 0 radical (unpaired) electrons. The molecule has 0 spiro atoms. The van der Waals surface area contributed by atoms with Crippen molar-refractivity contribution in [1.82, 2.24) is 0 Å². The van der Waals surface area contributed by atoms with Crippen molar-refractivity contribution in [2.24, 2.45) is 0 Å². The monoisotopic (exact) mass is 658 g/mol. The zero-order valence-electron chi connectivity index (χ0n) is 24.1. The van der Waals surface area contributed by atoms with Crippen molar-refractivity contribution in [3.63, 3.8) is 0 Å². The van der Waals surface area contributed by atoms with E-state index < -0.39 is 27.7 Å². The topological polar surface area (TPSA) is 57.2 Å². The summed E-state index contributed by atoms with van der Waals surface area (Å²) in [6.07, 6.45) is 2.79. The molecule has 11 heteroatoms. The van der Waals surface area contributed by atoms with Crippen molar-refractivity contribution in [2.45, 2.75) is 108 Å². The van der Waals surface area contributed by atoms with Gasteiger partial charge in [-0.3, -0.25) is 0 Å². The Morgan fingerprint density at radius 1 is 0.614 bits per heavy atom. The molecule has 5 rings (SSSR count). The van der Waals surface area contributed by atoms with E-state index >= 15 is 0 Å². The van der Waals surface area contributed by atoms with Gasteiger partial charge in [-0.05, 0) is 85.0 Å². The predicted molar refractivity (Wildman–Crippen MR) is 159 cm³/mol. The van der Waals surface area contributed by atoms with Crippen LogP contribution in [0.1, 0.15) is 87.2 Å². The van der Waals surface area contributed by atoms with Gasteiger partial charge in [0.15, 0.2) is 24.8 Å². The van der Waals surface area contributed by atoms with Gasteiger partial charge in [0.25, 0.3) is 6.17 Å². The molecule has 2 aliphatic carbocycles. The minimum atomic E-state index is -6.66. The summed E-state index contributed by atoms with van der Waals surface area (Å²) in [6, 6.07) is 30.4. The Bertz CT molecular complexity index is 1360. The maximum Gasteiger partial charge on any atom is 0.426 e. The van der Waals surface area contributed by atoms with Crippen molar-refractivity contribution in [3.8, 4) is 0 Å². The van der Waals surface area contributed by atoms with E-state index in [1.165, 1.54) is 78.9 Å². The zero-order valence-corrected chi connectivity index (χ0v) is 25.8. The van der Waals surface area contributed by atoms with Crippen LogP contribution in [0.5, 0.6) is 0 Å². The standard InChI is InChI=1S/C30H35S.C3H2F6O3S/c1-4-10-24(11-5-1)26-16-20-29(21-17-26)31(28-14-8-3-9-15-28)30-22-18-27(19-23-30)25-12-6-2-7-13-25;4-1(2(5,6)7)3(8,9)13(10,11)12/h3,8-9,14-25H,1-2,4-7,10-13H2;1H,(H,10,11,12)/q+1;/p-1. The first-order valence-corrected chi connectivity index (χ1v) is 17.5. The Kier molecular flexibility index (Phi) is 11.5. The summed E-state index contributed by atoms with van der Waals surface area (Å²) in [4.78, 5) is 4.30. The Balaban J connectivity index is 0.000000289. The van der Waals surface area contributed by atoms with Gasteiger partial charge in [-0.15, -0.1) is 0 Å². The molecule has 2 saturated carbocycles. The van der Waals surface area contributed by atoms with E-state index in [2.05, 4.69) is 78.9 Å². The normalized spacial score (nSPS) is 18.0. The Morgan fingerprint density at radius 3 is 1.30 bits per heavy atom. The van der Waals surface area contributed by atoms with Crippen LogP contribution in [0.25, 0.3) is 0 Å². The third kappa shape index (κ3) is 8.60. The van der Waals surface area contributed by atoms with Crippen molar-refractivity contribution < 1.29 is 39.3 Å². The van der Waals surface area contributed by atoms with Crippen molar-refractivity contribution >= 4 is 21.0 Å². The SMILES string of the molecule is O=S(=O)([O-])C(F)(F)C(F)C(F)(F)F.c1ccc([S+](c2ccc(C3CCCCC3)cc2)c2ccc(C3CCCCC3)cc2)cc1. The highest BCUT2D eigenvalue weighted by Gasteiger charge is 2.61. The average molecular weight is 659 g/mol. The number of halogens is 6. The van der Waals surface area contributed by atoms with E-state index in [9.17, 15) is 39.3 Å². The van der Waals surface area contributed by atoms with Gasteiger partial charge in [0.2, 0.25) is 0 Å². The van der Waals surface area contributed by atoms with Gasteiger partial charge >= 0.3 is 11.4 Å². The first-order chi connectivity index (χ1) is 20.8. The first-order valence-electron chi connectivity index (χ1n) is 14.8. The molecule has 0 aromatic heterocycles. The molecule has 240 valence electrons. The summed E-state index contributed by atoms with van der Waals surface area (Å²) < 4.78 is 97.5. The molecule has 2 fully saturated rings. The van der Waals surface area contributed by atoms with E-state index in [1.807, 2.05) is 0 Å². The van der Waals surface area contributed by atoms with Gasteiger partial charge in [-0.2, -0.15) is 22.0 Å². The van der Waals surface area contributed by atoms with Crippen LogP contribution in [0.4, 0.5) is 26.3 Å². The number of rotatable bonds is 7. The molecule has 1 unspecified atom stereocenters. The molecule has 3 aromatic rings. The van der Waals surface area contributed by atoms with Crippen LogP contribution in [-0.4, -0.2) is 30.6 Å². The van der Waals surface area contributed by atoms with Gasteiger partial charge < -0.3 is 4.55 Å². The molecule has 0 saturated heterocycles. The van der Waals surface area contributed by atoms with Crippen LogP contribution in [0.15, 0.2) is 93.5 Å². The van der Waals surface area contributed by atoms with Crippen molar-refractivity contribution in [1.29, 1.82) is 0 Å². The lowest BCUT2D eigenvalue weighted by molar-refractivity contribution is -0.223. The number of alkyl halides is 6. The Hall–Kier alpha value is -2.50. The average Bonchev–Trinajstić information content (AvgIpc) is 3.02. The number of hydrogen-bond donors (Lipinski definition) is 0. The summed E-state index contributed by atoms with van der Waals surface area (Å²) in [5.41, 5.74) is 3.10. The molecule has 1 atom stereocenters. The van der Waals surface area contributed by atoms with Crippen LogP contribution in [0, 0.1) is 0 Å².